The standard InChI is InChI=1S/C15H22N4O4/c1-10(2)7-12(8-11(3)4)16-17-14-6-5-13(18(20)21)9-15(14)19(22)23/h5-6,9-11,17H,7-8H2,1-4H3. The van der Waals surface area contributed by atoms with E-state index in [2.05, 4.69) is 38.2 Å². The van der Waals surface area contributed by atoms with Gasteiger partial charge in [-0.05, 0) is 30.7 Å². The molecule has 0 aromatic heterocycles. The quantitative estimate of drug-likeness (QED) is 0.434. The Labute approximate surface area is 134 Å². The van der Waals surface area contributed by atoms with Gasteiger partial charge in [0.25, 0.3) is 5.69 Å². The van der Waals surface area contributed by atoms with Gasteiger partial charge in [-0.2, -0.15) is 5.10 Å². The summed E-state index contributed by atoms with van der Waals surface area (Å²) in [5.41, 5.74) is 3.07. The van der Waals surface area contributed by atoms with Crippen LogP contribution in [0, 0.1) is 32.1 Å². The fourth-order valence-corrected chi connectivity index (χ4v) is 2.14. The molecule has 0 aliphatic carbocycles. The molecule has 0 heterocycles. The van der Waals surface area contributed by atoms with Gasteiger partial charge in [0.2, 0.25) is 0 Å². The van der Waals surface area contributed by atoms with Crippen LogP contribution in [0.15, 0.2) is 23.3 Å². The number of nitro benzene ring substituents is 2. The lowest BCUT2D eigenvalue weighted by Crippen LogP contribution is -2.10. The number of nitrogens with zero attached hydrogens (tertiary/aromatic N) is 3. The summed E-state index contributed by atoms with van der Waals surface area (Å²) in [6.45, 7) is 8.29. The summed E-state index contributed by atoms with van der Waals surface area (Å²) in [7, 11) is 0. The van der Waals surface area contributed by atoms with E-state index in [4.69, 9.17) is 0 Å². The average molecular weight is 322 g/mol. The molecule has 0 radical (unpaired) electrons. The van der Waals surface area contributed by atoms with Gasteiger partial charge in [0.05, 0.1) is 15.9 Å². The molecule has 1 aromatic carbocycles. The fourth-order valence-electron chi connectivity index (χ4n) is 2.14. The molecule has 0 aliphatic heterocycles. The molecule has 0 fully saturated rings. The van der Waals surface area contributed by atoms with Gasteiger partial charge in [-0.3, -0.25) is 25.7 Å². The maximum Gasteiger partial charge on any atom is 0.301 e. The van der Waals surface area contributed by atoms with E-state index in [0.29, 0.717) is 11.8 Å². The van der Waals surface area contributed by atoms with Crippen LogP contribution in [0.4, 0.5) is 17.1 Å². The van der Waals surface area contributed by atoms with Crippen molar-refractivity contribution in [2.45, 2.75) is 40.5 Å². The minimum Gasteiger partial charge on any atom is -0.272 e. The Balaban J connectivity index is 3.07. The zero-order chi connectivity index (χ0) is 17.6. The first-order chi connectivity index (χ1) is 10.7. The van der Waals surface area contributed by atoms with Crippen molar-refractivity contribution in [3.8, 4) is 0 Å². The summed E-state index contributed by atoms with van der Waals surface area (Å²) in [4.78, 5) is 20.5. The van der Waals surface area contributed by atoms with Gasteiger partial charge in [0.1, 0.15) is 5.69 Å². The third-order valence-electron chi connectivity index (χ3n) is 3.01. The van der Waals surface area contributed by atoms with E-state index in [1.54, 1.807) is 0 Å². The summed E-state index contributed by atoms with van der Waals surface area (Å²) in [6.07, 6.45) is 1.57. The van der Waals surface area contributed by atoms with Crippen LogP contribution in [-0.4, -0.2) is 15.6 Å². The third-order valence-corrected chi connectivity index (χ3v) is 3.01. The van der Waals surface area contributed by atoms with Crippen LogP contribution in [0.2, 0.25) is 0 Å². The number of benzene rings is 1. The summed E-state index contributed by atoms with van der Waals surface area (Å²) >= 11 is 0. The number of non-ortho nitro benzene ring substituents is 1. The van der Waals surface area contributed by atoms with Crippen LogP contribution in [0.5, 0.6) is 0 Å². The van der Waals surface area contributed by atoms with E-state index in [0.717, 1.165) is 24.6 Å². The maximum atomic E-state index is 11.1. The number of hydrogen-bond donors (Lipinski definition) is 1. The Morgan fingerprint density at radius 1 is 1.09 bits per heavy atom. The monoisotopic (exact) mass is 322 g/mol. The summed E-state index contributed by atoms with van der Waals surface area (Å²) in [6, 6.07) is 3.46. The Morgan fingerprint density at radius 2 is 1.65 bits per heavy atom. The second kappa shape index (κ2) is 8.21. The van der Waals surface area contributed by atoms with Crippen LogP contribution < -0.4 is 5.43 Å². The van der Waals surface area contributed by atoms with E-state index >= 15 is 0 Å². The maximum absolute atomic E-state index is 11.1. The number of hydrazone groups is 1. The van der Waals surface area contributed by atoms with E-state index in [1.165, 1.54) is 12.1 Å². The zero-order valence-corrected chi connectivity index (χ0v) is 13.8. The lowest BCUT2D eigenvalue weighted by molar-refractivity contribution is -0.393. The summed E-state index contributed by atoms with van der Waals surface area (Å²) in [5, 5.41) is 26.1. The molecule has 8 nitrogen and oxygen atoms in total. The highest BCUT2D eigenvalue weighted by Crippen LogP contribution is 2.29. The Hall–Kier alpha value is -2.51. The van der Waals surface area contributed by atoms with Gasteiger partial charge in [-0.1, -0.05) is 27.7 Å². The van der Waals surface area contributed by atoms with Gasteiger partial charge in [-0.15, -0.1) is 0 Å². The summed E-state index contributed by atoms with van der Waals surface area (Å²) in [5.74, 6) is 0.835. The molecule has 1 N–H and O–H groups in total. The third kappa shape index (κ3) is 6.01. The van der Waals surface area contributed by atoms with E-state index in [-0.39, 0.29) is 17.1 Å². The van der Waals surface area contributed by atoms with Crippen molar-refractivity contribution in [3.63, 3.8) is 0 Å². The second-order valence-electron chi connectivity index (χ2n) is 6.20. The van der Waals surface area contributed by atoms with E-state index in [1.807, 2.05) is 0 Å². The van der Waals surface area contributed by atoms with Crippen LogP contribution >= 0.6 is 0 Å². The highest BCUT2D eigenvalue weighted by Gasteiger charge is 2.19. The molecule has 0 spiro atoms. The molecule has 0 bridgehead atoms. The fraction of sp³-hybridized carbons (Fsp3) is 0.533. The molecule has 8 heteroatoms. The number of nitrogens with one attached hydrogen (secondary N) is 1. The normalized spacial score (nSPS) is 10.7. The minimum absolute atomic E-state index is 0.144. The first-order valence-electron chi connectivity index (χ1n) is 7.45. The highest BCUT2D eigenvalue weighted by atomic mass is 16.6. The van der Waals surface area contributed by atoms with Crippen molar-refractivity contribution < 1.29 is 9.85 Å². The number of nitro groups is 2. The van der Waals surface area contributed by atoms with E-state index in [9.17, 15) is 20.2 Å². The molecule has 1 aromatic rings. The van der Waals surface area contributed by atoms with Crippen molar-refractivity contribution in [1.82, 2.24) is 0 Å². The van der Waals surface area contributed by atoms with Crippen molar-refractivity contribution in [2.24, 2.45) is 16.9 Å². The lowest BCUT2D eigenvalue weighted by Gasteiger charge is -2.12. The lowest BCUT2D eigenvalue weighted by atomic mass is 9.99. The van der Waals surface area contributed by atoms with Crippen LogP contribution in [-0.2, 0) is 0 Å². The van der Waals surface area contributed by atoms with Crippen molar-refractivity contribution in [1.29, 1.82) is 0 Å². The van der Waals surface area contributed by atoms with Gasteiger partial charge in [-0.25, -0.2) is 0 Å². The molecule has 126 valence electrons. The molecule has 0 unspecified atom stereocenters. The SMILES string of the molecule is CC(C)CC(CC(C)C)=NNc1ccc([N+](=O)[O-])cc1[N+](=O)[O-]. The molecule has 0 aliphatic rings. The van der Waals surface area contributed by atoms with Crippen LogP contribution in [0.3, 0.4) is 0 Å². The topological polar surface area (TPSA) is 111 Å². The largest absolute Gasteiger partial charge is 0.301 e. The predicted molar refractivity (Wildman–Crippen MR) is 89.7 cm³/mol. The first-order valence-corrected chi connectivity index (χ1v) is 7.45. The zero-order valence-electron chi connectivity index (χ0n) is 13.8. The van der Waals surface area contributed by atoms with Gasteiger partial charge >= 0.3 is 5.69 Å². The van der Waals surface area contributed by atoms with Crippen LogP contribution in [0.1, 0.15) is 40.5 Å². The molecule has 0 atom stereocenters. The molecular weight excluding hydrogens is 300 g/mol. The molecule has 0 amide bonds. The van der Waals surface area contributed by atoms with Crippen molar-refractivity contribution >= 4 is 22.8 Å². The van der Waals surface area contributed by atoms with Gasteiger partial charge in [0, 0.05) is 11.8 Å². The van der Waals surface area contributed by atoms with Crippen LogP contribution in [0.25, 0.3) is 0 Å². The molecular formula is C15H22N4O4. The van der Waals surface area contributed by atoms with Crippen molar-refractivity contribution in [3.05, 3.63) is 38.4 Å². The van der Waals surface area contributed by atoms with Gasteiger partial charge in [0.15, 0.2) is 0 Å². The highest BCUT2D eigenvalue weighted by molar-refractivity contribution is 5.85. The number of anilines is 1. The smallest absolute Gasteiger partial charge is 0.272 e. The molecule has 0 saturated heterocycles. The summed E-state index contributed by atoms with van der Waals surface area (Å²) < 4.78 is 0. The molecule has 0 saturated carbocycles. The predicted octanol–water partition coefficient (Wildman–Crippen LogP) is 4.36. The second-order valence-corrected chi connectivity index (χ2v) is 6.20. The van der Waals surface area contributed by atoms with Crippen molar-refractivity contribution in [2.75, 3.05) is 5.43 Å². The minimum atomic E-state index is -0.664. The Morgan fingerprint density at radius 3 is 2.09 bits per heavy atom. The number of rotatable bonds is 8. The number of hydrogen-bond acceptors (Lipinski definition) is 6. The van der Waals surface area contributed by atoms with Gasteiger partial charge < -0.3 is 0 Å². The molecule has 23 heavy (non-hydrogen) atoms. The Bertz CT molecular complexity index is 599. The molecule has 1 rings (SSSR count). The average Bonchev–Trinajstić information content (AvgIpc) is 2.43. The Kier molecular flexibility index (Phi) is 6.62. The first kappa shape index (κ1) is 18.5. The van der Waals surface area contributed by atoms with E-state index < -0.39 is 9.85 Å².